The second kappa shape index (κ2) is 4.60. The van der Waals surface area contributed by atoms with Gasteiger partial charge in [0.15, 0.2) is 0 Å². The summed E-state index contributed by atoms with van der Waals surface area (Å²) >= 11 is 11.9. The van der Waals surface area contributed by atoms with Crippen molar-refractivity contribution in [2.75, 3.05) is 11.1 Å². The summed E-state index contributed by atoms with van der Waals surface area (Å²) in [7, 11) is 0. The van der Waals surface area contributed by atoms with Crippen LogP contribution in [0, 0.1) is 0 Å². The summed E-state index contributed by atoms with van der Waals surface area (Å²) in [5.74, 6) is 0.447. The smallest absolute Gasteiger partial charge is 0.125 e. The monoisotopic (exact) mass is 253 g/mol. The first-order chi connectivity index (χ1) is 7.65. The normalized spacial score (nSPS) is 10.1. The molecule has 0 bridgehead atoms. The van der Waals surface area contributed by atoms with Gasteiger partial charge in [0, 0.05) is 23.0 Å². The Labute approximate surface area is 103 Å². The molecule has 2 aromatic rings. The number of anilines is 3. The Hall–Kier alpha value is -1.45. The van der Waals surface area contributed by atoms with Crippen LogP contribution < -0.4 is 11.1 Å². The third-order valence-corrected chi connectivity index (χ3v) is 2.55. The maximum absolute atomic E-state index is 6.02. The number of hydrogen-bond acceptors (Lipinski definition) is 3. The van der Waals surface area contributed by atoms with E-state index in [1.54, 1.807) is 36.5 Å². The second-order valence-electron chi connectivity index (χ2n) is 3.22. The number of pyridine rings is 1. The highest BCUT2D eigenvalue weighted by Crippen LogP contribution is 2.28. The zero-order valence-corrected chi connectivity index (χ0v) is 9.76. The molecule has 0 spiro atoms. The van der Waals surface area contributed by atoms with Gasteiger partial charge in [-0.15, -0.1) is 0 Å². The van der Waals surface area contributed by atoms with Gasteiger partial charge in [-0.25, -0.2) is 4.98 Å². The van der Waals surface area contributed by atoms with Crippen LogP contribution in [0.25, 0.3) is 0 Å². The summed E-state index contributed by atoms with van der Waals surface area (Å²) in [6, 6.07) is 8.73. The van der Waals surface area contributed by atoms with Crippen LogP contribution >= 0.6 is 23.2 Å². The maximum atomic E-state index is 6.02. The van der Waals surface area contributed by atoms with Crippen molar-refractivity contribution < 1.29 is 0 Å². The van der Waals surface area contributed by atoms with Gasteiger partial charge in [0.25, 0.3) is 0 Å². The molecule has 0 amide bonds. The van der Waals surface area contributed by atoms with Gasteiger partial charge in [-0.2, -0.15) is 0 Å². The Bertz CT molecular complexity index is 514. The van der Waals surface area contributed by atoms with E-state index in [1.807, 2.05) is 0 Å². The van der Waals surface area contributed by atoms with E-state index in [1.165, 1.54) is 0 Å². The lowest BCUT2D eigenvalue weighted by molar-refractivity contribution is 1.33. The molecule has 2 rings (SSSR count). The molecule has 0 radical (unpaired) electrons. The molecule has 0 atom stereocenters. The van der Waals surface area contributed by atoms with Crippen LogP contribution in [0.5, 0.6) is 0 Å². The molecule has 0 aliphatic carbocycles. The van der Waals surface area contributed by atoms with Crippen LogP contribution in [0.3, 0.4) is 0 Å². The lowest BCUT2D eigenvalue weighted by atomic mass is 10.3. The number of hydrogen-bond donors (Lipinski definition) is 2. The van der Waals surface area contributed by atoms with E-state index in [9.17, 15) is 0 Å². The fourth-order valence-electron chi connectivity index (χ4n) is 1.27. The Morgan fingerprint density at radius 1 is 1.12 bits per heavy atom. The molecule has 3 nitrogen and oxygen atoms in total. The number of aromatic nitrogens is 1. The van der Waals surface area contributed by atoms with Crippen molar-refractivity contribution in [1.82, 2.24) is 4.98 Å². The molecule has 0 fully saturated rings. The highest BCUT2D eigenvalue weighted by Gasteiger charge is 2.02. The van der Waals surface area contributed by atoms with Gasteiger partial charge in [-0.05, 0) is 24.3 Å². The summed E-state index contributed by atoms with van der Waals surface area (Å²) in [5, 5.41) is 4.33. The van der Waals surface area contributed by atoms with Gasteiger partial charge in [0.1, 0.15) is 5.82 Å². The molecular weight excluding hydrogens is 245 g/mol. The van der Waals surface area contributed by atoms with Crippen LogP contribution in [0.15, 0.2) is 36.5 Å². The number of nitrogens with one attached hydrogen (secondary N) is 1. The van der Waals surface area contributed by atoms with Gasteiger partial charge < -0.3 is 11.1 Å². The van der Waals surface area contributed by atoms with E-state index in [-0.39, 0.29) is 0 Å². The number of halogens is 2. The highest BCUT2D eigenvalue weighted by molar-refractivity contribution is 6.35. The summed E-state index contributed by atoms with van der Waals surface area (Å²) in [6.45, 7) is 0. The Balaban J connectivity index is 2.30. The first-order valence-electron chi connectivity index (χ1n) is 4.59. The van der Waals surface area contributed by atoms with E-state index in [4.69, 9.17) is 28.9 Å². The van der Waals surface area contributed by atoms with Crippen LogP contribution in [-0.4, -0.2) is 4.98 Å². The van der Waals surface area contributed by atoms with Gasteiger partial charge in [-0.1, -0.05) is 23.2 Å². The second-order valence-corrected chi connectivity index (χ2v) is 4.06. The quantitative estimate of drug-likeness (QED) is 0.858. The SMILES string of the molecule is Nc1cc(Nc2cc(Cl)ccc2Cl)ccn1. The summed E-state index contributed by atoms with van der Waals surface area (Å²) in [5.41, 5.74) is 7.12. The summed E-state index contributed by atoms with van der Waals surface area (Å²) < 4.78 is 0. The molecule has 1 aromatic carbocycles. The predicted octanol–water partition coefficient (Wildman–Crippen LogP) is 3.71. The largest absolute Gasteiger partial charge is 0.384 e. The molecule has 0 saturated carbocycles. The summed E-state index contributed by atoms with van der Waals surface area (Å²) in [6.07, 6.45) is 1.62. The molecule has 82 valence electrons. The molecule has 0 unspecified atom stereocenters. The number of nitrogen functional groups attached to an aromatic ring is 1. The molecule has 0 saturated heterocycles. The van der Waals surface area contributed by atoms with Crippen molar-refractivity contribution in [2.24, 2.45) is 0 Å². The molecular formula is C11H9Cl2N3. The summed E-state index contributed by atoms with van der Waals surface area (Å²) in [4.78, 5) is 3.90. The average Bonchev–Trinajstić information content (AvgIpc) is 2.24. The molecule has 1 heterocycles. The standard InChI is InChI=1S/C11H9Cl2N3/c12-7-1-2-9(13)10(5-7)16-8-3-4-15-11(14)6-8/h1-6H,(H3,14,15,16). The fourth-order valence-corrected chi connectivity index (χ4v) is 1.61. The van der Waals surface area contributed by atoms with E-state index >= 15 is 0 Å². The molecule has 1 aromatic heterocycles. The van der Waals surface area contributed by atoms with E-state index < -0.39 is 0 Å². The Morgan fingerprint density at radius 2 is 1.94 bits per heavy atom. The Morgan fingerprint density at radius 3 is 2.69 bits per heavy atom. The van der Waals surface area contributed by atoms with Crippen molar-refractivity contribution in [3.8, 4) is 0 Å². The minimum atomic E-state index is 0.447. The first-order valence-corrected chi connectivity index (χ1v) is 5.34. The molecule has 0 aliphatic rings. The third kappa shape index (κ3) is 2.56. The number of rotatable bonds is 2. The van der Waals surface area contributed by atoms with Crippen molar-refractivity contribution in [3.63, 3.8) is 0 Å². The minimum Gasteiger partial charge on any atom is -0.384 e. The lowest BCUT2D eigenvalue weighted by Crippen LogP contribution is -1.94. The fraction of sp³-hybridized carbons (Fsp3) is 0. The highest BCUT2D eigenvalue weighted by atomic mass is 35.5. The van der Waals surface area contributed by atoms with Crippen LogP contribution in [0.1, 0.15) is 0 Å². The maximum Gasteiger partial charge on any atom is 0.125 e. The zero-order valence-electron chi connectivity index (χ0n) is 8.24. The lowest BCUT2D eigenvalue weighted by Gasteiger charge is -2.08. The first kappa shape index (κ1) is 11.0. The van der Waals surface area contributed by atoms with Gasteiger partial charge >= 0.3 is 0 Å². The average molecular weight is 254 g/mol. The minimum absolute atomic E-state index is 0.447. The van der Waals surface area contributed by atoms with E-state index in [0.717, 1.165) is 11.4 Å². The van der Waals surface area contributed by atoms with Crippen LogP contribution in [0.4, 0.5) is 17.2 Å². The Kier molecular flexibility index (Phi) is 3.17. The molecule has 16 heavy (non-hydrogen) atoms. The number of nitrogens with two attached hydrogens (primary N) is 1. The van der Waals surface area contributed by atoms with Gasteiger partial charge in [-0.3, -0.25) is 0 Å². The van der Waals surface area contributed by atoms with Gasteiger partial charge in [0.05, 0.1) is 10.7 Å². The van der Waals surface area contributed by atoms with Crippen molar-refractivity contribution in [1.29, 1.82) is 0 Å². The molecule has 3 N–H and O–H groups in total. The molecule has 0 aliphatic heterocycles. The third-order valence-electron chi connectivity index (χ3n) is 1.99. The zero-order chi connectivity index (χ0) is 11.5. The van der Waals surface area contributed by atoms with Crippen molar-refractivity contribution in [2.45, 2.75) is 0 Å². The number of nitrogens with zero attached hydrogens (tertiary/aromatic N) is 1. The van der Waals surface area contributed by atoms with Gasteiger partial charge in [0.2, 0.25) is 0 Å². The van der Waals surface area contributed by atoms with Crippen LogP contribution in [-0.2, 0) is 0 Å². The number of benzene rings is 1. The predicted molar refractivity (Wildman–Crippen MR) is 68.4 cm³/mol. The van der Waals surface area contributed by atoms with E-state index in [0.29, 0.717) is 15.9 Å². The van der Waals surface area contributed by atoms with E-state index in [2.05, 4.69) is 10.3 Å². The molecule has 5 heteroatoms. The van der Waals surface area contributed by atoms with Crippen molar-refractivity contribution >= 4 is 40.4 Å². The van der Waals surface area contributed by atoms with Crippen molar-refractivity contribution in [3.05, 3.63) is 46.6 Å². The van der Waals surface area contributed by atoms with Crippen LogP contribution in [0.2, 0.25) is 10.0 Å². The topological polar surface area (TPSA) is 50.9 Å².